The van der Waals surface area contributed by atoms with Crippen LogP contribution in [0.4, 0.5) is 5.69 Å². The average Bonchev–Trinajstić information content (AvgIpc) is 3.12. The van der Waals surface area contributed by atoms with E-state index < -0.39 is 23.5 Å². The fourth-order valence-electron chi connectivity index (χ4n) is 2.91. The summed E-state index contributed by atoms with van der Waals surface area (Å²) in [4.78, 5) is 36.4. The van der Waals surface area contributed by atoms with Gasteiger partial charge in [0.05, 0.1) is 0 Å². The first-order valence-electron chi connectivity index (χ1n) is 9.04. The van der Waals surface area contributed by atoms with Gasteiger partial charge in [-0.15, -0.1) is 0 Å². The molecule has 0 radical (unpaired) electrons. The molecule has 7 nitrogen and oxygen atoms in total. The highest BCUT2D eigenvalue weighted by Gasteiger charge is 2.33. The summed E-state index contributed by atoms with van der Waals surface area (Å²) in [5, 5.41) is 14.6. The second-order valence-corrected chi connectivity index (χ2v) is 6.93. The number of hydrogen-bond donors (Lipinski definition) is 3. The number of carbonyl (C=O) groups excluding carboxylic acids is 2. The molecule has 0 bridgehead atoms. The maximum atomic E-state index is 12.5. The summed E-state index contributed by atoms with van der Waals surface area (Å²) in [6, 6.07) is 13.8. The number of para-hydroxylation sites is 1. The lowest BCUT2D eigenvalue weighted by atomic mass is 9.98. The van der Waals surface area contributed by atoms with Crippen molar-refractivity contribution in [3.05, 3.63) is 59.7 Å². The largest absolute Gasteiger partial charge is 0.480 e. The topological polar surface area (TPSA) is 105 Å². The van der Waals surface area contributed by atoms with Gasteiger partial charge in [0.2, 0.25) is 0 Å². The van der Waals surface area contributed by atoms with Crippen molar-refractivity contribution >= 4 is 23.5 Å². The number of anilines is 1. The number of ether oxygens (including phenoxy) is 1. The Kier molecular flexibility index (Phi) is 5.35. The lowest BCUT2D eigenvalue weighted by Gasteiger charge is -2.24. The Morgan fingerprint density at radius 2 is 1.93 bits per heavy atom. The van der Waals surface area contributed by atoms with Crippen LogP contribution in [0.2, 0.25) is 0 Å². The van der Waals surface area contributed by atoms with Crippen molar-refractivity contribution in [3.8, 4) is 5.75 Å². The van der Waals surface area contributed by atoms with Crippen LogP contribution in [-0.2, 0) is 16.0 Å². The predicted octanol–water partition coefficient (Wildman–Crippen LogP) is 2.61. The molecule has 0 fully saturated rings. The normalized spacial score (nSPS) is 17.0. The summed E-state index contributed by atoms with van der Waals surface area (Å²) in [5.74, 6) is -1.24. The third-order valence-electron chi connectivity index (χ3n) is 4.90. The van der Waals surface area contributed by atoms with Crippen LogP contribution in [0.15, 0.2) is 48.5 Å². The average molecular weight is 382 g/mol. The Morgan fingerprint density at radius 3 is 2.61 bits per heavy atom. The van der Waals surface area contributed by atoms with Crippen LogP contribution in [-0.4, -0.2) is 34.5 Å². The van der Waals surface area contributed by atoms with Crippen LogP contribution in [0.3, 0.4) is 0 Å². The van der Waals surface area contributed by atoms with Gasteiger partial charge in [-0.3, -0.25) is 9.59 Å². The number of benzene rings is 2. The molecule has 2 amide bonds. The SMILES string of the molecule is CCC(C)(NC(=O)c1cccc(NC(=O)C2Cc3ccccc3O2)c1)C(=O)O. The number of rotatable bonds is 6. The van der Waals surface area contributed by atoms with Crippen LogP contribution in [0, 0.1) is 0 Å². The van der Waals surface area contributed by atoms with E-state index in [2.05, 4.69) is 10.6 Å². The van der Waals surface area contributed by atoms with Crippen LogP contribution >= 0.6 is 0 Å². The monoisotopic (exact) mass is 382 g/mol. The maximum Gasteiger partial charge on any atom is 0.329 e. The molecule has 28 heavy (non-hydrogen) atoms. The summed E-state index contributed by atoms with van der Waals surface area (Å²) >= 11 is 0. The van der Waals surface area contributed by atoms with Crippen LogP contribution in [0.25, 0.3) is 0 Å². The van der Waals surface area contributed by atoms with Gasteiger partial charge in [-0.2, -0.15) is 0 Å². The van der Waals surface area contributed by atoms with Gasteiger partial charge in [0.15, 0.2) is 6.10 Å². The van der Waals surface area contributed by atoms with E-state index in [0.717, 1.165) is 5.56 Å². The number of hydrogen-bond acceptors (Lipinski definition) is 4. The van der Waals surface area contributed by atoms with Gasteiger partial charge < -0.3 is 20.5 Å². The molecule has 0 saturated heterocycles. The molecule has 2 atom stereocenters. The number of aliphatic carboxylic acids is 1. The number of fused-ring (bicyclic) bond motifs is 1. The van der Waals surface area contributed by atoms with Crippen molar-refractivity contribution in [2.75, 3.05) is 5.32 Å². The van der Waals surface area contributed by atoms with Gasteiger partial charge in [-0.1, -0.05) is 31.2 Å². The molecule has 7 heteroatoms. The van der Waals surface area contributed by atoms with Gasteiger partial charge >= 0.3 is 5.97 Å². The van der Waals surface area contributed by atoms with Gasteiger partial charge in [0, 0.05) is 17.7 Å². The van der Waals surface area contributed by atoms with Crippen molar-refractivity contribution in [1.29, 1.82) is 0 Å². The lowest BCUT2D eigenvalue weighted by molar-refractivity contribution is -0.143. The second kappa shape index (κ2) is 7.72. The maximum absolute atomic E-state index is 12.5. The first kappa shape index (κ1) is 19.4. The fraction of sp³-hybridized carbons (Fsp3) is 0.286. The van der Waals surface area contributed by atoms with E-state index in [9.17, 15) is 19.5 Å². The molecule has 2 aromatic rings. The predicted molar refractivity (Wildman–Crippen MR) is 103 cm³/mol. The highest BCUT2D eigenvalue weighted by Crippen LogP contribution is 2.28. The summed E-state index contributed by atoms with van der Waals surface area (Å²) in [6.45, 7) is 3.14. The first-order chi connectivity index (χ1) is 13.3. The van der Waals surface area contributed by atoms with Crippen LogP contribution in [0.1, 0.15) is 36.2 Å². The molecule has 1 aliphatic heterocycles. The van der Waals surface area contributed by atoms with Gasteiger partial charge in [-0.05, 0) is 43.2 Å². The van der Waals surface area contributed by atoms with Crippen molar-refractivity contribution in [2.45, 2.75) is 38.3 Å². The smallest absolute Gasteiger partial charge is 0.329 e. The van der Waals surface area contributed by atoms with Crippen molar-refractivity contribution in [2.24, 2.45) is 0 Å². The highest BCUT2D eigenvalue weighted by molar-refractivity contribution is 6.00. The standard InChI is InChI=1S/C21H22N2O5/c1-3-21(2,20(26)27)23-18(24)14-8-6-9-15(11-14)22-19(25)17-12-13-7-4-5-10-16(13)28-17/h4-11,17H,3,12H2,1-2H3,(H,22,25)(H,23,24)(H,26,27). The van der Waals surface area contributed by atoms with E-state index in [1.807, 2.05) is 24.3 Å². The van der Waals surface area contributed by atoms with E-state index in [1.165, 1.54) is 13.0 Å². The minimum absolute atomic E-state index is 0.240. The molecule has 0 spiro atoms. The Bertz CT molecular complexity index is 902. The number of amides is 2. The second-order valence-electron chi connectivity index (χ2n) is 6.93. The Morgan fingerprint density at radius 1 is 1.18 bits per heavy atom. The van der Waals surface area contributed by atoms with Crippen LogP contribution in [0.5, 0.6) is 5.75 Å². The molecule has 3 rings (SSSR count). The minimum atomic E-state index is -1.36. The molecule has 2 aromatic carbocycles. The fourth-order valence-corrected chi connectivity index (χ4v) is 2.91. The zero-order valence-corrected chi connectivity index (χ0v) is 15.7. The van der Waals surface area contributed by atoms with Crippen LogP contribution < -0.4 is 15.4 Å². The third-order valence-corrected chi connectivity index (χ3v) is 4.90. The Hall–Kier alpha value is -3.35. The van der Waals surface area contributed by atoms with Gasteiger partial charge in [-0.25, -0.2) is 4.79 Å². The zero-order chi connectivity index (χ0) is 20.3. The molecule has 2 unspecified atom stereocenters. The minimum Gasteiger partial charge on any atom is -0.480 e. The molecule has 0 aliphatic carbocycles. The van der Waals surface area contributed by atoms with E-state index in [0.29, 0.717) is 17.9 Å². The zero-order valence-electron chi connectivity index (χ0n) is 15.7. The quantitative estimate of drug-likeness (QED) is 0.712. The number of carboxylic acids is 1. The molecular weight excluding hydrogens is 360 g/mol. The van der Waals surface area contributed by atoms with E-state index in [1.54, 1.807) is 25.1 Å². The van der Waals surface area contributed by atoms with Crippen molar-refractivity contribution < 1.29 is 24.2 Å². The number of carboxylic acid groups (broad SMARTS) is 1. The van der Waals surface area contributed by atoms with E-state index >= 15 is 0 Å². The molecular formula is C21H22N2O5. The van der Waals surface area contributed by atoms with Crippen molar-refractivity contribution in [1.82, 2.24) is 5.32 Å². The van der Waals surface area contributed by atoms with Gasteiger partial charge in [0.25, 0.3) is 11.8 Å². The molecule has 1 aliphatic rings. The molecule has 146 valence electrons. The third kappa shape index (κ3) is 3.98. The van der Waals surface area contributed by atoms with Gasteiger partial charge in [0.1, 0.15) is 11.3 Å². The first-order valence-corrected chi connectivity index (χ1v) is 9.04. The Labute approximate surface area is 162 Å². The number of carbonyl (C=O) groups is 3. The molecule has 0 aromatic heterocycles. The lowest BCUT2D eigenvalue weighted by Crippen LogP contribution is -2.51. The number of nitrogens with one attached hydrogen (secondary N) is 2. The Balaban J connectivity index is 1.68. The van der Waals surface area contributed by atoms with Crippen molar-refractivity contribution in [3.63, 3.8) is 0 Å². The van der Waals surface area contributed by atoms with E-state index in [-0.39, 0.29) is 17.9 Å². The van der Waals surface area contributed by atoms with E-state index in [4.69, 9.17) is 4.74 Å². The highest BCUT2D eigenvalue weighted by atomic mass is 16.5. The molecule has 3 N–H and O–H groups in total. The summed E-state index contributed by atoms with van der Waals surface area (Å²) < 4.78 is 5.67. The summed E-state index contributed by atoms with van der Waals surface area (Å²) in [7, 11) is 0. The summed E-state index contributed by atoms with van der Waals surface area (Å²) in [5.41, 5.74) is 0.308. The molecule has 0 saturated carbocycles. The summed E-state index contributed by atoms with van der Waals surface area (Å²) in [6.07, 6.45) is 0.0879. The molecule has 1 heterocycles.